The molecule has 132 valence electrons. The summed E-state index contributed by atoms with van der Waals surface area (Å²) in [5.41, 5.74) is 1.41. The molecular formula is C21H15N3O3. The maximum absolute atomic E-state index is 12.6. The van der Waals surface area contributed by atoms with Gasteiger partial charge in [0, 0.05) is 5.56 Å². The van der Waals surface area contributed by atoms with Gasteiger partial charge in [-0.1, -0.05) is 12.2 Å². The number of carbonyl (C=O) groups excluding carboxylic acids is 2. The summed E-state index contributed by atoms with van der Waals surface area (Å²) in [6, 6.07) is 12.6. The third kappa shape index (κ3) is 2.36. The first-order valence-electron chi connectivity index (χ1n) is 8.86. The van der Waals surface area contributed by atoms with Gasteiger partial charge in [-0.25, -0.2) is 0 Å². The van der Waals surface area contributed by atoms with Crippen LogP contribution in [-0.4, -0.2) is 23.0 Å². The highest BCUT2D eigenvalue weighted by molar-refractivity contribution is 6.06. The summed E-state index contributed by atoms with van der Waals surface area (Å²) in [7, 11) is 0. The van der Waals surface area contributed by atoms with Crippen LogP contribution in [0.25, 0.3) is 11.3 Å². The zero-order valence-electron chi connectivity index (χ0n) is 14.3. The molecule has 4 atom stereocenters. The molecule has 2 fully saturated rings. The highest BCUT2D eigenvalue weighted by Gasteiger charge is 2.59. The minimum atomic E-state index is -0.254. The van der Waals surface area contributed by atoms with Crippen LogP contribution in [0.5, 0.6) is 0 Å². The fourth-order valence-corrected chi connectivity index (χ4v) is 4.40. The monoisotopic (exact) mass is 357 g/mol. The van der Waals surface area contributed by atoms with Crippen molar-refractivity contribution in [3.63, 3.8) is 0 Å². The average molecular weight is 357 g/mol. The molecule has 27 heavy (non-hydrogen) atoms. The molecule has 5 rings (SSSR count). The first-order chi connectivity index (χ1) is 13.2. The summed E-state index contributed by atoms with van der Waals surface area (Å²) in [5.74, 6) is 0.485. The Balaban J connectivity index is 1.35. The van der Waals surface area contributed by atoms with Crippen molar-refractivity contribution in [2.75, 3.05) is 0 Å². The van der Waals surface area contributed by atoms with E-state index in [0.29, 0.717) is 17.1 Å². The molecule has 3 aliphatic rings. The number of hydrazone groups is 1. The van der Waals surface area contributed by atoms with E-state index in [-0.39, 0.29) is 35.5 Å². The van der Waals surface area contributed by atoms with E-state index in [1.165, 1.54) is 6.21 Å². The molecule has 1 aromatic heterocycles. The number of hydrogen-bond donors (Lipinski definition) is 0. The minimum Gasteiger partial charge on any atom is -0.455 e. The van der Waals surface area contributed by atoms with Crippen LogP contribution < -0.4 is 0 Å². The highest BCUT2D eigenvalue weighted by atomic mass is 16.3. The topological polar surface area (TPSA) is 86.7 Å². The number of amides is 2. The standard InChI is InChI=1S/C21H15N3O3/c22-10-12-1-3-13(4-2-12)17-8-7-16(27-17)11-23-24-20(25)18-14-5-6-15(9-14)19(18)21(24)26/h1-8,11,14-15,18-19H,9H2. The smallest absolute Gasteiger partial charge is 0.254 e. The maximum atomic E-state index is 12.6. The van der Waals surface area contributed by atoms with Gasteiger partial charge >= 0.3 is 0 Å². The van der Waals surface area contributed by atoms with Gasteiger partial charge in [-0.05, 0) is 54.7 Å². The van der Waals surface area contributed by atoms with Gasteiger partial charge in [0.2, 0.25) is 0 Å². The second kappa shape index (κ2) is 5.78. The van der Waals surface area contributed by atoms with E-state index in [4.69, 9.17) is 9.68 Å². The Kier molecular flexibility index (Phi) is 3.37. The SMILES string of the molecule is N#Cc1ccc(-c2ccc(C=NN3C(=O)C4C5C=CC(C5)C4C3=O)o2)cc1. The van der Waals surface area contributed by atoms with Gasteiger partial charge in [-0.15, -0.1) is 0 Å². The molecule has 0 N–H and O–H groups in total. The van der Waals surface area contributed by atoms with Crippen LogP contribution in [0.1, 0.15) is 17.7 Å². The summed E-state index contributed by atoms with van der Waals surface area (Å²) in [6.45, 7) is 0. The lowest BCUT2D eigenvalue weighted by molar-refractivity contribution is -0.140. The second-order valence-corrected chi connectivity index (χ2v) is 7.12. The Labute approximate surface area is 155 Å². The number of hydrogen-bond acceptors (Lipinski definition) is 5. The molecule has 1 aliphatic heterocycles. The predicted molar refractivity (Wildman–Crippen MR) is 96.0 cm³/mol. The summed E-state index contributed by atoms with van der Waals surface area (Å²) in [5, 5.41) is 14.0. The Hall–Kier alpha value is -3.46. The molecule has 1 saturated heterocycles. The van der Waals surface area contributed by atoms with Gasteiger partial charge in [0.15, 0.2) is 0 Å². The van der Waals surface area contributed by atoms with Crippen LogP contribution >= 0.6 is 0 Å². The fraction of sp³-hybridized carbons (Fsp3) is 0.238. The molecule has 2 aromatic rings. The molecule has 1 saturated carbocycles. The Morgan fingerprint density at radius 3 is 2.33 bits per heavy atom. The largest absolute Gasteiger partial charge is 0.455 e. The normalized spacial score (nSPS) is 28.3. The van der Waals surface area contributed by atoms with Crippen molar-refractivity contribution < 1.29 is 14.0 Å². The van der Waals surface area contributed by atoms with E-state index in [1.807, 2.05) is 0 Å². The van der Waals surface area contributed by atoms with Crippen LogP contribution in [-0.2, 0) is 9.59 Å². The molecule has 2 heterocycles. The van der Waals surface area contributed by atoms with Crippen molar-refractivity contribution in [3.05, 3.63) is 59.9 Å². The first-order valence-corrected chi connectivity index (χ1v) is 8.86. The fourth-order valence-electron chi connectivity index (χ4n) is 4.40. The van der Waals surface area contributed by atoms with Gasteiger partial charge in [0.25, 0.3) is 11.8 Å². The maximum Gasteiger partial charge on any atom is 0.254 e. The van der Waals surface area contributed by atoms with Crippen LogP contribution in [0.2, 0.25) is 0 Å². The van der Waals surface area contributed by atoms with Crippen molar-refractivity contribution in [1.82, 2.24) is 5.01 Å². The van der Waals surface area contributed by atoms with Crippen molar-refractivity contribution in [1.29, 1.82) is 5.26 Å². The summed E-state index contributed by atoms with van der Waals surface area (Å²) in [4.78, 5) is 25.2. The minimum absolute atomic E-state index is 0.170. The third-order valence-electron chi connectivity index (χ3n) is 5.67. The molecule has 2 aliphatic carbocycles. The molecule has 2 bridgehead atoms. The first kappa shape index (κ1) is 15.8. The van der Waals surface area contributed by atoms with Crippen LogP contribution in [0.3, 0.4) is 0 Å². The molecule has 6 heteroatoms. The molecule has 4 unspecified atom stereocenters. The highest BCUT2D eigenvalue weighted by Crippen LogP contribution is 2.52. The van der Waals surface area contributed by atoms with Crippen molar-refractivity contribution >= 4 is 18.0 Å². The van der Waals surface area contributed by atoms with Crippen LogP contribution in [0.15, 0.2) is 58.1 Å². The van der Waals surface area contributed by atoms with E-state index >= 15 is 0 Å². The van der Waals surface area contributed by atoms with Crippen molar-refractivity contribution in [2.24, 2.45) is 28.8 Å². The van der Waals surface area contributed by atoms with Gasteiger partial charge in [-0.3, -0.25) is 9.59 Å². The number of nitrogens with zero attached hydrogens (tertiary/aromatic N) is 3. The zero-order valence-corrected chi connectivity index (χ0v) is 14.3. The lowest BCUT2D eigenvalue weighted by atomic mass is 9.85. The Morgan fingerprint density at radius 2 is 1.70 bits per heavy atom. The zero-order chi connectivity index (χ0) is 18.5. The van der Waals surface area contributed by atoms with E-state index < -0.39 is 0 Å². The number of carbonyl (C=O) groups is 2. The van der Waals surface area contributed by atoms with Crippen molar-refractivity contribution in [2.45, 2.75) is 6.42 Å². The number of fused-ring (bicyclic) bond motifs is 5. The quantitative estimate of drug-likeness (QED) is 0.480. The predicted octanol–water partition coefficient (Wildman–Crippen LogP) is 2.96. The van der Waals surface area contributed by atoms with Gasteiger partial charge < -0.3 is 4.42 Å². The summed E-state index contributed by atoms with van der Waals surface area (Å²) in [6.07, 6.45) is 6.41. The summed E-state index contributed by atoms with van der Waals surface area (Å²) >= 11 is 0. The Morgan fingerprint density at radius 1 is 1.04 bits per heavy atom. The number of furan rings is 1. The van der Waals surface area contributed by atoms with Gasteiger partial charge in [-0.2, -0.15) is 15.4 Å². The number of rotatable bonds is 3. The van der Waals surface area contributed by atoms with Gasteiger partial charge in [0.1, 0.15) is 11.5 Å². The molecule has 2 amide bonds. The van der Waals surface area contributed by atoms with E-state index in [1.54, 1.807) is 36.4 Å². The molecule has 6 nitrogen and oxygen atoms in total. The van der Waals surface area contributed by atoms with Crippen LogP contribution in [0, 0.1) is 35.0 Å². The van der Waals surface area contributed by atoms with E-state index in [2.05, 4.69) is 23.3 Å². The van der Waals surface area contributed by atoms with E-state index in [0.717, 1.165) is 17.0 Å². The molecule has 0 spiro atoms. The number of nitriles is 1. The molecule has 1 aromatic carbocycles. The molecule has 0 radical (unpaired) electrons. The average Bonchev–Trinajstić information content (AvgIpc) is 3.46. The lowest BCUT2D eigenvalue weighted by Crippen LogP contribution is -2.28. The van der Waals surface area contributed by atoms with Crippen molar-refractivity contribution in [3.8, 4) is 17.4 Å². The second-order valence-electron chi connectivity index (χ2n) is 7.12. The Bertz CT molecular complexity index is 1010. The number of allylic oxidation sites excluding steroid dienone is 2. The summed E-state index contributed by atoms with van der Waals surface area (Å²) < 4.78 is 5.73. The third-order valence-corrected chi connectivity index (χ3v) is 5.67. The van der Waals surface area contributed by atoms with Gasteiger partial charge in [0.05, 0.1) is 29.7 Å². The number of benzene rings is 1. The lowest BCUT2D eigenvalue weighted by Gasteiger charge is -2.13. The number of imide groups is 1. The molecular weight excluding hydrogens is 342 g/mol. The van der Waals surface area contributed by atoms with Crippen LogP contribution in [0.4, 0.5) is 0 Å². The van der Waals surface area contributed by atoms with E-state index in [9.17, 15) is 9.59 Å².